The van der Waals surface area contributed by atoms with Crippen LogP contribution >= 0.6 is 0 Å². The zero-order chi connectivity index (χ0) is 7.98. The molecule has 0 radical (unpaired) electrons. The minimum Gasteiger partial charge on any atom is -0.115 e. The van der Waals surface area contributed by atoms with Crippen molar-refractivity contribution in [3.8, 4) is 12.3 Å². The normalized spacial score (nSPS) is 9.40. The molecule has 0 unspecified atom stereocenters. The van der Waals surface area contributed by atoms with E-state index in [2.05, 4.69) is 18.9 Å². The molecule has 0 saturated carbocycles. The van der Waals surface area contributed by atoms with Crippen LogP contribution in [0.15, 0.2) is 23.3 Å². The molecule has 0 spiro atoms. The van der Waals surface area contributed by atoms with Gasteiger partial charge in [0.05, 0.1) is 0 Å². The molecule has 0 aromatic rings. The lowest BCUT2D eigenvalue weighted by Crippen LogP contribution is -1.75. The van der Waals surface area contributed by atoms with E-state index in [0.717, 1.165) is 12.0 Å². The standard InChI is InChI=1S/C10H14/c1-5-7-8-10(6-2)9(3)4/h2,7-8H,5H2,1,3-4H3. The molecule has 0 atom stereocenters. The SMILES string of the molecule is C#CC(C=CCC)=C(C)C. The van der Waals surface area contributed by atoms with Gasteiger partial charge in [-0.15, -0.1) is 6.42 Å². The number of hydrogen-bond acceptors (Lipinski definition) is 0. The van der Waals surface area contributed by atoms with E-state index in [1.807, 2.05) is 19.9 Å². The summed E-state index contributed by atoms with van der Waals surface area (Å²) in [7, 11) is 0. The third-order valence-corrected chi connectivity index (χ3v) is 1.21. The molecule has 0 amide bonds. The summed E-state index contributed by atoms with van der Waals surface area (Å²) in [5.41, 5.74) is 2.20. The van der Waals surface area contributed by atoms with Gasteiger partial charge in [0.2, 0.25) is 0 Å². The Morgan fingerprint density at radius 3 is 2.40 bits per heavy atom. The first-order chi connectivity index (χ1) is 4.72. The van der Waals surface area contributed by atoms with Crippen molar-refractivity contribution >= 4 is 0 Å². The van der Waals surface area contributed by atoms with Crippen molar-refractivity contribution in [1.29, 1.82) is 0 Å². The maximum Gasteiger partial charge on any atom is 0.0225 e. The fourth-order valence-electron chi connectivity index (χ4n) is 0.595. The fraction of sp³-hybridized carbons (Fsp3) is 0.400. The van der Waals surface area contributed by atoms with Gasteiger partial charge < -0.3 is 0 Å². The molecule has 0 saturated heterocycles. The zero-order valence-electron chi connectivity index (χ0n) is 6.94. The minimum absolute atomic E-state index is 1.00. The van der Waals surface area contributed by atoms with Crippen LogP contribution in [-0.2, 0) is 0 Å². The zero-order valence-corrected chi connectivity index (χ0v) is 6.94. The first-order valence-corrected chi connectivity index (χ1v) is 3.53. The van der Waals surface area contributed by atoms with Crippen LogP contribution in [0.5, 0.6) is 0 Å². The Morgan fingerprint density at radius 2 is 2.10 bits per heavy atom. The lowest BCUT2D eigenvalue weighted by atomic mass is 10.1. The molecule has 0 aromatic heterocycles. The second-order valence-corrected chi connectivity index (χ2v) is 2.37. The summed E-state index contributed by atoms with van der Waals surface area (Å²) in [6.07, 6.45) is 10.4. The van der Waals surface area contributed by atoms with Crippen molar-refractivity contribution in [3.63, 3.8) is 0 Å². The predicted molar refractivity (Wildman–Crippen MR) is 46.6 cm³/mol. The van der Waals surface area contributed by atoms with Crippen LogP contribution in [0.1, 0.15) is 27.2 Å². The molecule has 10 heavy (non-hydrogen) atoms. The molecular formula is C10H14. The quantitative estimate of drug-likeness (QED) is 0.402. The smallest absolute Gasteiger partial charge is 0.0225 e. The third-order valence-electron chi connectivity index (χ3n) is 1.21. The number of allylic oxidation sites excluding steroid dienone is 4. The summed E-state index contributed by atoms with van der Waals surface area (Å²) < 4.78 is 0. The largest absolute Gasteiger partial charge is 0.115 e. The molecule has 0 aliphatic rings. The van der Waals surface area contributed by atoms with Crippen LogP contribution in [0, 0.1) is 12.3 Å². The maximum atomic E-state index is 5.26. The molecule has 0 nitrogen and oxygen atoms in total. The van der Waals surface area contributed by atoms with Crippen molar-refractivity contribution in [2.24, 2.45) is 0 Å². The minimum atomic E-state index is 1.00. The topological polar surface area (TPSA) is 0 Å². The van der Waals surface area contributed by atoms with Gasteiger partial charge in [-0.25, -0.2) is 0 Å². The van der Waals surface area contributed by atoms with E-state index in [1.165, 1.54) is 5.57 Å². The van der Waals surface area contributed by atoms with Gasteiger partial charge in [-0.3, -0.25) is 0 Å². The third kappa shape index (κ3) is 3.14. The van der Waals surface area contributed by atoms with Crippen molar-refractivity contribution in [2.45, 2.75) is 27.2 Å². The first kappa shape index (κ1) is 9.04. The van der Waals surface area contributed by atoms with Crippen molar-refractivity contribution in [1.82, 2.24) is 0 Å². The summed E-state index contributed by atoms with van der Waals surface area (Å²) in [4.78, 5) is 0. The van der Waals surface area contributed by atoms with Crippen LogP contribution in [0.3, 0.4) is 0 Å². The highest BCUT2D eigenvalue weighted by Gasteiger charge is 1.86. The summed E-state index contributed by atoms with van der Waals surface area (Å²) >= 11 is 0. The molecule has 0 aromatic carbocycles. The Hall–Kier alpha value is -0.960. The van der Waals surface area contributed by atoms with Crippen LogP contribution in [0.25, 0.3) is 0 Å². The number of rotatable bonds is 2. The molecule has 0 heterocycles. The van der Waals surface area contributed by atoms with Crippen LogP contribution < -0.4 is 0 Å². The Bertz CT molecular complexity index is 183. The average Bonchev–Trinajstić information content (AvgIpc) is 1.89. The molecule has 0 fully saturated rings. The van der Waals surface area contributed by atoms with Gasteiger partial charge in [0.15, 0.2) is 0 Å². The van der Waals surface area contributed by atoms with Gasteiger partial charge in [-0.1, -0.05) is 30.6 Å². The Kier molecular flexibility index (Phi) is 4.41. The number of hydrogen-bond donors (Lipinski definition) is 0. The Balaban J connectivity index is 4.29. The predicted octanol–water partition coefficient (Wildman–Crippen LogP) is 2.92. The van der Waals surface area contributed by atoms with E-state index in [0.29, 0.717) is 0 Å². The lowest BCUT2D eigenvalue weighted by Gasteiger charge is -1.92. The summed E-state index contributed by atoms with van der Waals surface area (Å²) in [6.45, 7) is 6.14. The fourth-order valence-corrected chi connectivity index (χ4v) is 0.595. The van der Waals surface area contributed by atoms with E-state index >= 15 is 0 Å². The monoisotopic (exact) mass is 134 g/mol. The highest BCUT2D eigenvalue weighted by Crippen LogP contribution is 2.03. The molecule has 0 aliphatic carbocycles. The molecule has 0 bridgehead atoms. The Morgan fingerprint density at radius 1 is 1.50 bits per heavy atom. The molecular weight excluding hydrogens is 120 g/mol. The Labute approximate surface area is 63.6 Å². The highest BCUT2D eigenvalue weighted by molar-refractivity contribution is 5.38. The van der Waals surface area contributed by atoms with Crippen molar-refractivity contribution in [2.75, 3.05) is 0 Å². The van der Waals surface area contributed by atoms with Gasteiger partial charge in [-0.2, -0.15) is 0 Å². The van der Waals surface area contributed by atoms with Gasteiger partial charge >= 0.3 is 0 Å². The molecule has 0 aliphatic heterocycles. The van der Waals surface area contributed by atoms with Gasteiger partial charge in [-0.05, 0) is 20.3 Å². The second kappa shape index (κ2) is 4.88. The van der Waals surface area contributed by atoms with E-state index in [1.54, 1.807) is 0 Å². The highest BCUT2D eigenvalue weighted by atomic mass is 13.9. The second-order valence-electron chi connectivity index (χ2n) is 2.37. The van der Waals surface area contributed by atoms with Gasteiger partial charge in [0, 0.05) is 5.57 Å². The average molecular weight is 134 g/mol. The number of terminal acetylenes is 1. The van der Waals surface area contributed by atoms with Crippen LogP contribution in [0.2, 0.25) is 0 Å². The summed E-state index contributed by atoms with van der Waals surface area (Å²) in [6, 6.07) is 0. The molecule has 54 valence electrons. The van der Waals surface area contributed by atoms with E-state index in [9.17, 15) is 0 Å². The molecule has 0 heteroatoms. The molecule has 0 N–H and O–H groups in total. The summed E-state index contributed by atoms with van der Waals surface area (Å²) in [5, 5.41) is 0. The van der Waals surface area contributed by atoms with Crippen LogP contribution in [0.4, 0.5) is 0 Å². The van der Waals surface area contributed by atoms with E-state index in [-0.39, 0.29) is 0 Å². The molecule has 0 rings (SSSR count). The lowest BCUT2D eigenvalue weighted by molar-refractivity contribution is 1.22. The van der Waals surface area contributed by atoms with Gasteiger partial charge in [0.1, 0.15) is 0 Å². The van der Waals surface area contributed by atoms with Crippen molar-refractivity contribution < 1.29 is 0 Å². The van der Waals surface area contributed by atoms with Crippen molar-refractivity contribution in [3.05, 3.63) is 23.3 Å². The van der Waals surface area contributed by atoms with Gasteiger partial charge in [0.25, 0.3) is 0 Å². The first-order valence-electron chi connectivity index (χ1n) is 3.53. The van der Waals surface area contributed by atoms with E-state index < -0.39 is 0 Å². The summed E-state index contributed by atoms with van der Waals surface area (Å²) in [5.74, 6) is 2.63. The van der Waals surface area contributed by atoms with Crippen LogP contribution in [-0.4, -0.2) is 0 Å². The van der Waals surface area contributed by atoms with E-state index in [4.69, 9.17) is 6.42 Å². The maximum absolute atomic E-state index is 5.26.